The molecule has 2 amide bonds. The van der Waals surface area contributed by atoms with E-state index in [1.807, 2.05) is 6.07 Å². The third-order valence-electron chi connectivity index (χ3n) is 3.56. The second kappa shape index (κ2) is 9.30. The maximum absolute atomic E-state index is 13.1. The number of carbonyl (C=O) groups excluding carboxylic acids is 2. The summed E-state index contributed by atoms with van der Waals surface area (Å²) in [5.74, 6) is -0.969. The second-order valence-electron chi connectivity index (χ2n) is 5.75. The van der Waals surface area contributed by atoms with Gasteiger partial charge in [0.05, 0.1) is 17.8 Å². The van der Waals surface area contributed by atoms with Gasteiger partial charge in [-0.05, 0) is 37.4 Å². The quantitative estimate of drug-likeness (QED) is 0.800. The molecule has 0 saturated heterocycles. The topological polar surface area (TPSA) is 85.2 Å². The molecule has 0 aliphatic rings. The first-order chi connectivity index (χ1) is 12.5. The summed E-state index contributed by atoms with van der Waals surface area (Å²) < 4.78 is 13.1. The number of likely N-dealkylation sites (N-methyl/N-ethyl adjacent to an activating group) is 1. The number of para-hydroxylation sites is 1. The average molecular weight is 354 g/mol. The molecule has 6 nitrogen and oxygen atoms in total. The summed E-state index contributed by atoms with van der Waals surface area (Å²) in [5.41, 5.74) is 1.24. The lowest BCUT2D eigenvalue weighted by atomic mass is 10.2. The number of nitrogens with zero attached hydrogens (tertiary/aromatic N) is 2. The van der Waals surface area contributed by atoms with Gasteiger partial charge in [-0.3, -0.25) is 14.5 Å². The molecular weight excluding hydrogens is 335 g/mol. The highest BCUT2D eigenvalue weighted by atomic mass is 19.1. The van der Waals surface area contributed by atoms with Gasteiger partial charge in [0.15, 0.2) is 0 Å². The van der Waals surface area contributed by atoms with Crippen LogP contribution in [0.1, 0.15) is 12.0 Å². The Bertz CT molecular complexity index is 832. The summed E-state index contributed by atoms with van der Waals surface area (Å²) in [4.78, 5) is 25.6. The van der Waals surface area contributed by atoms with Crippen molar-refractivity contribution in [1.29, 1.82) is 5.26 Å². The van der Waals surface area contributed by atoms with Crippen molar-refractivity contribution in [1.82, 2.24) is 4.90 Å². The lowest BCUT2D eigenvalue weighted by Gasteiger charge is -2.16. The van der Waals surface area contributed by atoms with E-state index >= 15 is 0 Å². The minimum atomic E-state index is -0.425. The molecule has 26 heavy (non-hydrogen) atoms. The zero-order valence-corrected chi connectivity index (χ0v) is 14.3. The van der Waals surface area contributed by atoms with Crippen molar-refractivity contribution in [2.45, 2.75) is 6.42 Å². The number of carbonyl (C=O) groups is 2. The maximum atomic E-state index is 13.1. The number of benzene rings is 2. The number of hydrogen-bond donors (Lipinski definition) is 2. The van der Waals surface area contributed by atoms with Crippen LogP contribution >= 0.6 is 0 Å². The van der Waals surface area contributed by atoms with Gasteiger partial charge in [0.1, 0.15) is 11.9 Å². The van der Waals surface area contributed by atoms with Crippen LogP contribution in [0.4, 0.5) is 15.8 Å². The van der Waals surface area contributed by atoms with E-state index in [0.717, 1.165) is 0 Å². The molecule has 0 bridgehead atoms. The molecule has 2 aromatic carbocycles. The summed E-state index contributed by atoms with van der Waals surface area (Å²) in [5, 5.41) is 14.3. The molecule has 2 N–H and O–H groups in total. The molecule has 7 heteroatoms. The number of rotatable bonds is 7. The van der Waals surface area contributed by atoms with E-state index in [1.54, 1.807) is 42.3 Å². The summed E-state index contributed by atoms with van der Waals surface area (Å²) in [6.45, 7) is 0.426. The summed E-state index contributed by atoms with van der Waals surface area (Å²) >= 11 is 0. The van der Waals surface area contributed by atoms with E-state index in [2.05, 4.69) is 10.6 Å². The molecule has 0 aromatic heterocycles. The highest BCUT2D eigenvalue weighted by molar-refractivity contribution is 5.93. The van der Waals surface area contributed by atoms with Crippen molar-refractivity contribution in [2.24, 2.45) is 0 Å². The van der Waals surface area contributed by atoms with Crippen molar-refractivity contribution in [3.05, 3.63) is 59.9 Å². The molecule has 0 radical (unpaired) electrons. The monoisotopic (exact) mass is 354 g/mol. The van der Waals surface area contributed by atoms with E-state index < -0.39 is 5.82 Å². The van der Waals surface area contributed by atoms with Crippen LogP contribution in [0, 0.1) is 17.1 Å². The van der Waals surface area contributed by atoms with Gasteiger partial charge in [-0.2, -0.15) is 5.26 Å². The lowest BCUT2D eigenvalue weighted by molar-refractivity contribution is -0.119. The molecule has 2 rings (SSSR count). The predicted octanol–water partition coefficient (Wildman–Crippen LogP) is 2.60. The molecule has 0 atom stereocenters. The van der Waals surface area contributed by atoms with Crippen LogP contribution in [0.2, 0.25) is 0 Å². The smallest absolute Gasteiger partial charge is 0.238 e. The first-order valence-electron chi connectivity index (χ1n) is 8.01. The van der Waals surface area contributed by atoms with Crippen molar-refractivity contribution in [3.8, 4) is 6.07 Å². The zero-order valence-electron chi connectivity index (χ0n) is 14.3. The first kappa shape index (κ1) is 19.1. The van der Waals surface area contributed by atoms with Gasteiger partial charge in [-0.25, -0.2) is 4.39 Å². The molecule has 0 heterocycles. The molecule has 0 unspecified atom stereocenters. The average Bonchev–Trinajstić information content (AvgIpc) is 2.60. The molecule has 0 fully saturated rings. The van der Waals surface area contributed by atoms with Crippen molar-refractivity contribution >= 4 is 23.2 Å². The van der Waals surface area contributed by atoms with Gasteiger partial charge >= 0.3 is 0 Å². The van der Waals surface area contributed by atoms with Gasteiger partial charge in [0, 0.05) is 18.7 Å². The lowest BCUT2D eigenvalue weighted by Crippen LogP contribution is -2.32. The Morgan fingerprint density at radius 2 is 1.88 bits per heavy atom. The van der Waals surface area contributed by atoms with E-state index in [-0.39, 0.29) is 24.8 Å². The zero-order chi connectivity index (χ0) is 18.9. The minimum Gasteiger partial charge on any atom is -0.325 e. The third kappa shape index (κ3) is 6.00. The molecule has 0 aliphatic heterocycles. The Labute approximate surface area is 151 Å². The number of nitriles is 1. The van der Waals surface area contributed by atoms with Crippen LogP contribution in [-0.2, 0) is 9.59 Å². The number of amides is 2. The Morgan fingerprint density at radius 1 is 1.12 bits per heavy atom. The van der Waals surface area contributed by atoms with Gasteiger partial charge in [-0.15, -0.1) is 0 Å². The van der Waals surface area contributed by atoms with Crippen LogP contribution < -0.4 is 10.6 Å². The Balaban J connectivity index is 1.77. The predicted molar refractivity (Wildman–Crippen MR) is 96.9 cm³/mol. The summed E-state index contributed by atoms with van der Waals surface area (Å²) in [6, 6.07) is 14.4. The van der Waals surface area contributed by atoms with E-state index in [1.165, 1.54) is 18.2 Å². The standard InChI is InChI=1S/C19H19FN4O2/c1-24(13-19(26)22-16-7-4-6-15(20)11-16)10-9-18(25)23-17-8-3-2-5-14(17)12-21/h2-8,11H,9-10,13H2,1H3,(H,22,26)(H,23,25). The molecule has 0 aliphatic carbocycles. The van der Waals surface area contributed by atoms with Crippen LogP contribution in [0.15, 0.2) is 48.5 Å². The van der Waals surface area contributed by atoms with Gasteiger partial charge in [0.25, 0.3) is 0 Å². The van der Waals surface area contributed by atoms with E-state index in [4.69, 9.17) is 5.26 Å². The fourth-order valence-corrected chi connectivity index (χ4v) is 2.29. The SMILES string of the molecule is CN(CCC(=O)Nc1ccccc1C#N)CC(=O)Nc1cccc(F)c1. The molecular formula is C19H19FN4O2. The molecule has 0 spiro atoms. The third-order valence-corrected chi connectivity index (χ3v) is 3.56. The first-order valence-corrected chi connectivity index (χ1v) is 8.01. The Morgan fingerprint density at radius 3 is 2.62 bits per heavy atom. The maximum Gasteiger partial charge on any atom is 0.238 e. The van der Waals surface area contributed by atoms with Crippen LogP contribution in [0.5, 0.6) is 0 Å². The van der Waals surface area contributed by atoms with Crippen LogP contribution in [-0.4, -0.2) is 36.9 Å². The molecule has 2 aromatic rings. The number of hydrogen-bond acceptors (Lipinski definition) is 4. The molecule has 0 saturated carbocycles. The molecule has 134 valence electrons. The minimum absolute atomic E-state index is 0.0680. The largest absolute Gasteiger partial charge is 0.325 e. The highest BCUT2D eigenvalue weighted by Gasteiger charge is 2.11. The van der Waals surface area contributed by atoms with Gasteiger partial charge in [-0.1, -0.05) is 18.2 Å². The number of anilines is 2. The Kier molecular flexibility index (Phi) is 6.83. The summed E-state index contributed by atoms with van der Waals surface area (Å²) in [7, 11) is 1.71. The van der Waals surface area contributed by atoms with Gasteiger partial charge < -0.3 is 10.6 Å². The fourth-order valence-electron chi connectivity index (χ4n) is 2.29. The Hall–Kier alpha value is -3.24. The van der Waals surface area contributed by atoms with Crippen molar-refractivity contribution in [3.63, 3.8) is 0 Å². The number of halogens is 1. The van der Waals surface area contributed by atoms with Crippen molar-refractivity contribution in [2.75, 3.05) is 30.8 Å². The highest BCUT2D eigenvalue weighted by Crippen LogP contribution is 2.13. The second-order valence-corrected chi connectivity index (χ2v) is 5.75. The van der Waals surface area contributed by atoms with Crippen molar-refractivity contribution < 1.29 is 14.0 Å². The van der Waals surface area contributed by atoms with E-state index in [0.29, 0.717) is 23.5 Å². The number of nitrogens with one attached hydrogen (secondary N) is 2. The van der Waals surface area contributed by atoms with Crippen LogP contribution in [0.3, 0.4) is 0 Å². The summed E-state index contributed by atoms with van der Waals surface area (Å²) in [6.07, 6.45) is 0.170. The fraction of sp³-hybridized carbons (Fsp3) is 0.211. The van der Waals surface area contributed by atoms with Crippen LogP contribution in [0.25, 0.3) is 0 Å². The van der Waals surface area contributed by atoms with E-state index in [9.17, 15) is 14.0 Å². The normalized spacial score (nSPS) is 10.2. The van der Waals surface area contributed by atoms with Gasteiger partial charge in [0.2, 0.25) is 11.8 Å².